The van der Waals surface area contributed by atoms with Crippen molar-refractivity contribution in [1.29, 1.82) is 0 Å². The molecular formula is C19H24FN3. The number of halogens is 1. The molecule has 0 bridgehead atoms. The molecule has 1 aromatic carbocycles. The Kier molecular flexibility index (Phi) is 4.62. The Morgan fingerprint density at radius 2 is 1.96 bits per heavy atom. The van der Waals surface area contributed by atoms with Crippen LogP contribution >= 0.6 is 0 Å². The molecule has 0 radical (unpaired) electrons. The normalized spacial score (nSPS) is 19.2. The summed E-state index contributed by atoms with van der Waals surface area (Å²) < 4.78 is 13.0. The van der Waals surface area contributed by atoms with Gasteiger partial charge in [-0.05, 0) is 41.5 Å². The van der Waals surface area contributed by atoms with Crippen LogP contribution in [0.5, 0.6) is 0 Å². The van der Waals surface area contributed by atoms with Gasteiger partial charge >= 0.3 is 0 Å². The van der Waals surface area contributed by atoms with E-state index in [1.807, 2.05) is 0 Å². The first-order valence-corrected chi connectivity index (χ1v) is 8.23. The molecule has 1 unspecified atom stereocenters. The van der Waals surface area contributed by atoms with Crippen LogP contribution in [-0.4, -0.2) is 24.1 Å². The van der Waals surface area contributed by atoms with E-state index in [0.717, 1.165) is 25.9 Å². The van der Waals surface area contributed by atoms with Gasteiger partial charge in [0.15, 0.2) is 0 Å². The van der Waals surface area contributed by atoms with Gasteiger partial charge in [0, 0.05) is 19.1 Å². The average molecular weight is 313 g/mol. The van der Waals surface area contributed by atoms with Gasteiger partial charge in [0.1, 0.15) is 5.82 Å². The molecule has 0 spiro atoms. The number of aromatic nitrogens is 1. The Bertz CT molecular complexity index is 669. The summed E-state index contributed by atoms with van der Waals surface area (Å²) in [4.78, 5) is 3.80. The molecule has 0 aliphatic heterocycles. The van der Waals surface area contributed by atoms with Crippen LogP contribution in [0.15, 0.2) is 42.5 Å². The Balaban J connectivity index is 1.52. The number of hydrogen-bond acceptors (Lipinski definition) is 3. The van der Waals surface area contributed by atoms with E-state index >= 15 is 0 Å². The van der Waals surface area contributed by atoms with Crippen molar-refractivity contribution in [3.63, 3.8) is 0 Å². The number of pyridine rings is 1. The van der Waals surface area contributed by atoms with Gasteiger partial charge < -0.3 is 10.6 Å². The van der Waals surface area contributed by atoms with Gasteiger partial charge in [-0.15, -0.1) is 0 Å². The standard InChI is InChI=1S/C19H24FN3/c1-19(2)13-15(12-14-6-3-4-7-16(14)19)21-10-11-22-18-9-5-8-17(20)23-18/h3-9,15,21H,10-13H2,1-2H3,(H,22,23). The van der Waals surface area contributed by atoms with E-state index in [4.69, 9.17) is 0 Å². The van der Waals surface area contributed by atoms with Crippen LogP contribution in [0.4, 0.5) is 10.2 Å². The largest absolute Gasteiger partial charge is 0.369 e. The monoisotopic (exact) mass is 313 g/mol. The molecule has 3 rings (SSSR count). The SMILES string of the molecule is CC1(C)CC(NCCNc2cccc(F)n2)Cc2ccccc21. The number of nitrogens with one attached hydrogen (secondary N) is 2. The molecule has 0 saturated carbocycles. The van der Waals surface area contributed by atoms with Gasteiger partial charge in [0.2, 0.25) is 5.95 Å². The predicted molar refractivity (Wildman–Crippen MR) is 92.3 cm³/mol. The first kappa shape index (κ1) is 15.9. The number of hydrogen-bond donors (Lipinski definition) is 2. The lowest BCUT2D eigenvalue weighted by Gasteiger charge is -2.38. The molecule has 23 heavy (non-hydrogen) atoms. The third kappa shape index (κ3) is 3.88. The highest BCUT2D eigenvalue weighted by atomic mass is 19.1. The Morgan fingerprint density at radius 3 is 2.78 bits per heavy atom. The molecule has 1 aliphatic rings. The molecule has 2 aromatic rings. The molecule has 3 nitrogen and oxygen atoms in total. The molecule has 0 amide bonds. The molecule has 2 N–H and O–H groups in total. The minimum Gasteiger partial charge on any atom is -0.369 e. The second kappa shape index (κ2) is 6.67. The number of benzene rings is 1. The van der Waals surface area contributed by atoms with E-state index in [1.54, 1.807) is 12.1 Å². The van der Waals surface area contributed by atoms with Crippen LogP contribution in [0.2, 0.25) is 0 Å². The van der Waals surface area contributed by atoms with Crippen molar-refractivity contribution in [2.24, 2.45) is 0 Å². The maximum absolute atomic E-state index is 13.0. The molecule has 1 atom stereocenters. The first-order chi connectivity index (χ1) is 11.0. The maximum atomic E-state index is 13.0. The van der Waals surface area contributed by atoms with Crippen LogP contribution in [-0.2, 0) is 11.8 Å². The number of fused-ring (bicyclic) bond motifs is 1. The third-order valence-corrected chi connectivity index (χ3v) is 4.55. The Morgan fingerprint density at radius 1 is 1.13 bits per heavy atom. The zero-order chi connectivity index (χ0) is 16.3. The van der Waals surface area contributed by atoms with Crippen LogP contribution in [0.3, 0.4) is 0 Å². The van der Waals surface area contributed by atoms with Crippen molar-refractivity contribution in [2.75, 3.05) is 18.4 Å². The average Bonchev–Trinajstić information content (AvgIpc) is 2.51. The number of rotatable bonds is 5. The lowest BCUT2D eigenvalue weighted by Crippen LogP contribution is -2.43. The molecule has 1 aromatic heterocycles. The van der Waals surface area contributed by atoms with Crippen molar-refractivity contribution in [2.45, 2.75) is 38.1 Å². The van der Waals surface area contributed by atoms with E-state index in [9.17, 15) is 4.39 Å². The van der Waals surface area contributed by atoms with Gasteiger partial charge in [-0.25, -0.2) is 4.98 Å². The zero-order valence-corrected chi connectivity index (χ0v) is 13.8. The summed E-state index contributed by atoms with van der Waals surface area (Å²) in [5, 5.41) is 6.77. The lowest BCUT2D eigenvalue weighted by molar-refractivity contribution is 0.347. The maximum Gasteiger partial charge on any atom is 0.214 e. The van der Waals surface area contributed by atoms with Crippen molar-refractivity contribution < 1.29 is 4.39 Å². The Labute approximate surface area is 137 Å². The molecule has 1 heterocycles. The highest BCUT2D eigenvalue weighted by molar-refractivity contribution is 5.37. The highest BCUT2D eigenvalue weighted by Gasteiger charge is 2.32. The lowest BCUT2D eigenvalue weighted by atomic mass is 9.71. The summed E-state index contributed by atoms with van der Waals surface area (Å²) in [6.07, 6.45) is 2.19. The van der Waals surface area contributed by atoms with Gasteiger partial charge in [-0.1, -0.05) is 44.2 Å². The van der Waals surface area contributed by atoms with Gasteiger partial charge in [0.25, 0.3) is 0 Å². The third-order valence-electron chi connectivity index (χ3n) is 4.55. The van der Waals surface area contributed by atoms with E-state index in [0.29, 0.717) is 11.9 Å². The first-order valence-electron chi connectivity index (χ1n) is 8.23. The summed E-state index contributed by atoms with van der Waals surface area (Å²) >= 11 is 0. The van der Waals surface area contributed by atoms with E-state index < -0.39 is 5.95 Å². The fourth-order valence-electron chi connectivity index (χ4n) is 3.54. The van der Waals surface area contributed by atoms with Crippen LogP contribution in [0, 0.1) is 5.95 Å². The smallest absolute Gasteiger partial charge is 0.214 e. The summed E-state index contributed by atoms with van der Waals surface area (Å²) in [6.45, 7) is 6.19. The van der Waals surface area contributed by atoms with Gasteiger partial charge in [0.05, 0.1) is 0 Å². The van der Waals surface area contributed by atoms with Gasteiger partial charge in [-0.3, -0.25) is 0 Å². The van der Waals surface area contributed by atoms with Crippen LogP contribution in [0.1, 0.15) is 31.4 Å². The summed E-state index contributed by atoms with van der Waals surface area (Å²) in [5.41, 5.74) is 3.12. The Hall–Kier alpha value is -1.94. The molecule has 0 saturated heterocycles. The predicted octanol–water partition coefficient (Wildman–Crippen LogP) is 3.51. The van der Waals surface area contributed by atoms with E-state index in [1.165, 1.54) is 17.2 Å². The van der Waals surface area contributed by atoms with Crippen molar-refractivity contribution in [1.82, 2.24) is 10.3 Å². The highest BCUT2D eigenvalue weighted by Crippen LogP contribution is 2.36. The molecule has 122 valence electrons. The van der Waals surface area contributed by atoms with Crippen LogP contribution < -0.4 is 10.6 Å². The quantitative estimate of drug-likeness (QED) is 0.655. The molecule has 0 fully saturated rings. The molecular weight excluding hydrogens is 289 g/mol. The molecule has 4 heteroatoms. The van der Waals surface area contributed by atoms with Crippen molar-refractivity contribution in [3.05, 3.63) is 59.5 Å². The summed E-state index contributed by atoms with van der Waals surface area (Å²) in [5.74, 6) is 0.134. The van der Waals surface area contributed by atoms with Gasteiger partial charge in [-0.2, -0.15) is 4.39 Å². The fourth-order valence-corrected chi connectivity index (χ4v) is 3.54. The molecule has 1 aliphatic carbocycles. The second-order valence-corrected chi connectivity index (χ2v) is 6.87. The summed E-state index contributed by atoms with van der Waals surface area (Å²) in [7, 11) is 0. The minimum atomic E-state index is -0.450. The fraction of sp³-hybridized carbons (Fsp3) is 0.421. The zero-order valence-electron chi connectivity index (χ0n) is 13.8. The number of nitrogens with zero attached hydrogens (tertiary/aromatic N) is 1. The van der Waals surface area contributed by atoms with E-state index in [-0.39, 0.29) is 5.41 Å². The summed E-state index contributed by atoms with van der Waals surface area (Å²) in [6, 6.07) is 14.0. The van der Waals surface area contributed by atoms with Crippen molar-refractivity contribution >= 4 is 5.82 Å². The minimum absolute atomic E-state index is 0.198. The number of anilines is 1. The second-order valence-electron chi connectivity index (χ2n) is 6.87. The topological polar surface area (TPSA) is 37.0 Å². The van der Waals surface area contributed by atoms with Crippen molar-refractivity contribution in [3.8, 4) is 0 Å². The van der Waals surface area contributed by atoms with E-state index in [2.05, 4.69) is 53.7 Å². The van der Waals surface area contributed by atoms with Crippen LogP contribution in [0.25, 0.3) is 0 Å².